The molecule has 0 N–H and O–H groups in total. The minimum Gasteiger partial charge on any atom is -0.455 e. The van der Waals surface area contributed by atoms with E-state index < -0.39 is 0 Å². The number of nitrogens with zero attached hydrogens (tertiary/aromatic N) is 1. The second-order valence-corrected chi connectivity index (χ2v) is 14.8. The molecular formula is C49H31NO. The lowest BCUT2D eigenvalue weighted by molar-refractivity contribution is 0.656. The maximum Gasteiger partial charge on any atom is 0.144 e. The molecular weight excluding hydrogens is 619 g/mol. The van der Waals surface area contributed by atoms with E-state index in [0.29, 0.717) is 0 Å². The van der Waals surface area contributed by atoms with Crippen molar-refractivity contribution >= 4 is 54.5 Å². The van der Waals surface area contributed by atoms with E-state index in [2.05, 4.69) is 170 Å². The van der Waals surface area contributed by atoms with Gasteiger partial charge >= 0.3 is 0 Å². The van der Waals surface area contributed by atoms with Crippen molar-refractivity contribution in [3.8, 4) is 50.2 Å². The van der Waals surface area contributed by atoms with Crippen LogP contribution in [0.15, 0.2) is 156 Å². The van der Waals surface area contributed by atoms with Crippen LogP contribution in [0.1, 0.15) is 25.0 Å². The molecule has 12 rings (SSSR count). The van der Waals surface area contributed by atoms with Crippen LogP contribution in [0.3, 0.4) is 0 Å². The third-order valence-corrected chi connectivity index (χ3v) is 11.9. The summed E-state index contributed by atoms with van der Waals surface area (Å²) < 4.78 is 9.37. The van der Waals surface area contributed by atoms with Crippen LogP contribution in [0, 0.1) is 0 Å². The van der Waals surface area contributed by atoms with Crippen molar-refractivity contribution < 1.29 is 4.42 Å². The van der Waals surface area contributed by atoms with Crippen molar-refractivity contribution in [2.45, 2.75) is 19.3 Å². The first-order valence-electron chi connectivity index (χ1n) is 17.9. The zero-order chi connectivity index (χ0) is 33.6. The summed E-state index contributed by atoms with van der Waals surface area (Å²) in [5.41, 5.74) is 18.3. The first-order chi connectivity index (χ1) is 25.1. The van der Waals surface area contributed by atoms with Gasteiger partial charge in [0.15, 0.2) is 0 Å². The Bertz CT molecular complexity index is 3120. The van der Waals surface area contributed by atoms with E-state index in [4.69, 9.17) is 4.42 Å². The largest absolute Gasteiger partial charge is 0.455 e. The smallest absolute Gasteiger partial charge is 0.144 e. The van der Waals surface area contributed by atoms with E-state index in [1.807, 2.05) is 0 Å². The van der Waals surface area contributed by atoms with Crippen LogP contribution in [0.25, 0.3) is 105 Å². The summed E-state index contributed by atoms with van der Waals surface area (Å²) in [6.45, 7) is 4.76. The summed E-state index contributed by atoms with van der Waals surface area (Å²) in [6, 6.07) is 55.8. The molecule has 10 aromatic rings. The Labute approximate surface area is 294 Å². The Hall–Kier alpha value is -6.38. The molecule has 0 unspecified atom stereocenters. The molecule has 2 aliphatic carbocycles. The van der Waals surface area contributed by atoms with Gasteiger partial charge in [0.1, 0.15) is 11.2 Å². The Morgan fingerprint density at radius 2 is 1.10 bits per heavy atom. The van der Waals surface area contributed by atoms with Gasteiger partial charge in [0, 0.05) is 38.2 Å². The number of hydrogen-bond donors (Lipinski definition) is 0. The summed E-state index contributed by atoms with van der Waals surface area (Å²) in [5, 5.41) is 7.53. The van der Waals surface area contributed by atoms with Gasteiger partial charge in [-0.3, -0.25) is 0 Å². The summed E-state index contributed by atoms with van der Waals surface area (Å²) in [4.78, 5) is 0. The molecule has 0 aliphatic heterocycles. The fraction of sp³-hybridized carbons (Fsp3) is 0.0612. The standard InChI is InChI=1S/C49H31NO/c1-49(2)39-19-8-5-14-36(39)45-46(49)47-43(44-38-16-7-10-21-41(38)51-48(44)45)37-15-6-9-20-40(37)50(47)29-24-22-28(23-25-29)30-26-27-35-32-13-4-3-12-31(32)34-18-11-17-33(30)42(34)35/h3-27H,1-2H3. The molecule has 0 amide bonds. The van der Waals surface area contributed by atoms with Crippen LogP contribution in [0.2, 0.25) is 0 Å². The average molecular weight is 650 g/mol. The molecule has 2 heteroatoms. The topological polar surface area (TPSA) is 18.1 Å². The Kier molecular flexibility index (Phi) is 5.08. The molecule has 238 valence electrons. The van der Waals surface area contributed by atoms with Crippen LogP contribution in [0.4, 0.5) is 0 Å². The van der Waals surface area contributed by atoms with Gasteiger partial charge in [0.25, 0.3) is 0 Å². The monoisotopic (exact) mass is 649 g/mol. The highest BCUT2D eigenvalue weighted by atomic mass is 16.3. The highest BCUT2D eigenvalue weighted by Crippen LogP contribution is 2.58. The fourth-order valence-electron chi connectivity index (χ4n) is 9.80. The van der Waals surface area contributed by atoms with Crippen molar-refractivity contribution in [1.29, 1.82) is 0 Å². The minimum atomic E-state index is -0.231. The third-order valence-electron chi connectivity index (χ3n) is 11.9. The average Bonchev–Trinajstić information content (AvgIpc) is 3.89. The second-order valence-electron chi connectivity index (χ2n) is 14.8. The lowest BCUT2D eigenvalue weighted by Crippen LogP contribution is -2.16. The highest BCUT2D eigenvalue weighted by Gasteiger charge is 2.41. The van der Waals surface area contributed by atoms with Crippen molar-refractivity contribution in [3.05, 3.63) is 163 Å². The van der Waals surface area contributed by atoms with Gasteiger partial charge in [0.2, 0.25) is 0 Å². The zero-order valence-corrected chi connectivity index (χ0v) is 28.3. The molecule has 0 saturated carbocycles. The number of para-hydroxylation sites is 2. The number of aromatic nitrogens is 1. The lowest BCUT2D eigenvalue weighted by atomic mass is 9.81. The van der Waals surface area contributed by atoms with Gasteiger partial charge in [-0.15, -0.1) is 0 Å². The van der Waals surface area contributed by atoms with E-state index >= 15 is 0 Å². The quantitative estimate of drug-likeness (QED) is 0.182. The summed E-state index contributed by atoms with van der Waals surface area (Å²) in [7, 11) is 0. The van der Waals surface area contributed by atoms with Crippen molar-refractivity contribution in [2.75, 3.05) is 0 Å². The molecule has 51 heavy (non-hydrogen) atoms. The van der Waals surface area contributed by atoms with Gasteiger partial charge < -0.3 is 8.98 Å². The predicted molar refractivity (Wildman–Crippen MR) is 213 cm³/mol. The molecule has 0 atom stereocenters. The Morgan fingerprint density at radius 1 is 0.471 bits per heavy atom. The van der Waals surface area contributed by atoms with Gasteiger partial charge in [-0.2, -0.15) is 0 Å². The van der Waals surface area contributed by atoms with Gasteiger partial charge in [0.05, 0.1) is 11.0 Å². The summed E-state index contributed by atoms with van der Waals surface area (Å²) in [5.74, 6) is 0. The van der Waals surface area contributed by atoms with Crippen molar-refractivity contribution in [1.82, 2.24) is 4.57 Å². The fourth-order valence-corrected chi connectivity index (χ4v) is 9.80. The Morgan fingerprint density at radius 3 is 1.92 bits per heavy atom. The van der Waals surface area contributed by atoms with Crippen LogP contribution in [0.5, 0.6) is 0 Å². The van der Waals surface area contributed by atoms with Gasteiger partial charge in [-0.25, -0.2) is 0 Å². The van der Waals surface area contributed by atoms with E-state index in [0.717, 1.165) is 22.2 Å². The Balaban J connectivity index is 1.15. The molecule has 0 radical (unpaired) electrons. The summed E-state index contributed by atoms with van der Waals surface area (Å²) in [6.07, 6.45) is 0. The third kappa shape index (κ3) is 3.33. The molecule has 2 nitrogen and oxygen atoms in total. The molecule has 2 aromatic heterocycles. The van der Waals surface area contributed by atoms with E-state index in [-0.39, 0.29) is 5.41 Å². The highest BCUT2D eigenvalue weighted by molar-refractivity contribution is 6.32. The SMILES string of the molecule is CC1(C)c2ccccc2-c2c1c1c(c3ccccc3n1-c1ccc(-c3ccc4c5c(cccc35)-c3ccccc3-4)cc1)c1c2oc2ccccc21. The maximum atomic E-state index is 6.85. The number of benzene rings is 8. The van der Waals surface area contributed by atoms with Crippen LogP contribution < -0.4 is 0 Å². The van der Waals surface area contributed by atoms with E-state index in [9.17, 15) is 0 Å². The van der Waals surface area contributed by atoms with Crippen molar-refractivity contribution in [3.63, 3.8) is 0 Å². The molecule has 0 saturated heterocycles. The van der Waals surface area contributed by atoms with Crippen molar-refractivity contribution in [2.24, 2.45) is 0 Å². The molecule has 2 heterocycles. The first kappa shape index (κ1) is 27.4. The number of hydrogen-bond acceptors (Lipinski definition) is 1. The van der Waals surface area contributed by atoms with Gasteiger partial charge in [-0.05, 0) is 85.1 Å². The summed E-state index contributed by atoms with van der Waals surface area (Å²) >= 11 is 0. The van der Waals surface area contributed by atoms with Gasteiger partial charge in [-0.1, -0.05) is 141 Å². The van der Waals surface area contributed by atoms with E-state index in [1.54, 1.807) is 0 Å². The first-order valence-corrected chi connectivity index (χ1v) is 17.9. The maximum absolute atomic E-state index is 6.85. The van der Waals surface area contributed by atoms with Crippen LogP contribution in [-0.2, 0) is 5.41 Å². The lowest BCUT2D eigenvalue weighted by Gasteiger charge is -2.24. The molecule has 2 aliphatic rings. The predicted octanol–water partition coefficient (Wildman–Crippen LogP) is 13.5. The number of fused-ring (bicyclic) bond motifs is 15. The van der Waals surface area contributed by atoms with Crippen LogP contribution in [-0.4, -0.2) is 4.57 Å². The normalized spacial score (nSPS) is 13.8. The molecule has 0 spiro atoms. The molecule has 0 fully saturated rings. The molecule has 8 aromatic carbocycles. The zero-order valence-electron chi connectivity index (χ0n) is 28.3. The number of furan rings is 1. The van der Waals surface area contributed by atoms with Crippen LogP contribution >= 0.6 is 0 Å². The minimum absolute atomic E-state index is 0.231. The second kappa shape index (κ2) is 9.44. The number of rotatable bonds is 2. The van der Waals surface area contributed by atoms with E-state index in [1.165, 1.54) is 93.6 Å². The molecule has 0 bridgehead atoms.